The number of carbonyl (C=O) groups is 1. The fourth-order valence-electron chi connectivity index (χ4n) is 2.56. The molecule has 4 nitrogen and oxygen atoms in total. The fourth-order valence-corrected chi connectivity index (χ4v) is 2.89. The van der Waals surface area contributed by atoms with E-state index in [4.69, 9.17) is 5.73 Å². The standard InChI is InChI=1S/C16H13BrFN3O/c1-2-9-13(19)4-3-12(18)14(9)15(22)11-7-21-16-10(11)5-8(17)6-20-16/h3-7H,2,19H2,1H3,(H,20,21). The molecule has 3 N–H and O–H groups in total. The maximum Gasteiger partial charge on any atom is 0.198 e. The number of H-pyrrole nitrogens is 1. The number of pyridine rings is 1. The van der Waals surface area contributed by atoms with Crippen LogP contribution in [0.15, 0.2) is 35.1 Å². The van der Waals surface area contributed by atoms with Gasteiger partial charge in [-0.15, -0.1) is 0 Å². The molecule has 0 aliphatic rings. The molecule has 0 unspecified atom stereocenters. The summed E-state index contributed by atoms with van der Waals surface area (Å²) in [7, 11) is 0. The Morgan fingerprint density at radius 3 is 2.95 bits per heavy atom. The van der Waals surface area contributed by atoms with Gasteiger partial charge in [0.1, 0.15) is 11.5 Å². The number of aromatic nitrogens is 2. The van der Waals surface area contributed by atoms with E-state index < -0.39 is 11.6 Å². The molecule has 6 heteroatoms. The molecule has 2 heterocycles. The van der Waals surface area contributed by atoms with Gasteiger partial charge in [0.2, 0.25) is 0 Å². The molecule has 0 radical (unpaired) electrons. The first-order valence-electron chi connectivity index (χ1n) is 6.77. The summed E-state index contributed by atoms with van der Waals surface area (Å²) in [5.74, 6) is -0.957. The second-order valence-electron chi connectivity index (χ2n) is 4.92. The molecular formula is C16H13BrFN3O. The summed E-state index contributed by atoms with van der Waals surface area (Å²) < 4.78 is 15.0. The van der Waals surface area contributed by atoms with Crippen LogP contribution in [0.2, 0.25) is 0 Å². The van der Waals surface area contributed by atoms with E-state index in [-0.39, 0.29) is 5.56 Å². The monoisotopic (exact) mass is 361 g/mol. The molecule has 0 spiro atoms. The second kappa shape index (κ2) is 5.53. The Morgan fingerprint density at radius 2 is 2.23 bits per heavy atom. The van der Waals surface area contributed by atoms with E-state index in [0.29, 0.717) is 34.3 Å². The molecule has 0 bridgehead atoms. The molecule has 0 aliphatic heterocycles. The van der Waals surface area contributed by atoms with E-state index in [2.05, 4.69) is 25.9 Å². The summed E-state index contributed by atoms with van der Waals surface area (Å²) in [6.07, 6.45) is 3.66. The molecular weight excluding hydrogens is 349 g/mol. The van der Waals surface area contributed by atoms with Gasteiger partial charge in [-0.05, 0) is 46.1 Å². The third-order valence-electron chi connectivity index (χ3n) is 3.62. The zero-order valence-electron chi connectivity index (χ0n) is 11.8. The van der Waals surface area contributed by atoms with Gasteiger partial charge in [0.15, 0.2) is 5.78 Å². The first-order valence-corrected chi connectivity index (χ1v) is 7.56. The van der Waals surface area contributed by atoms with Crippen LogP contribution in [0.5, 0.6) is 0 Å². The summed E-state index contributed by atoms with van der Waals surface area (Å²) in [5.41, 5.74) is 7.82. The van der Waals surface area contributed by atoms with Gasteiger partial charge in [0.25, 0.3) is 0 Å². The summed E-state index contributed by atoms with van der Waals surface area (Å²) in [4.78, 5) is 19.9. The van der Waals surface area contributed by atoms with Crippen molar-refractivity contribution < 1.29 is 9.18 Å². The summed E-state index contributed by atoms with van der Waals surface area (Å²) >= 11 is 3.33. The third kappa shape index (κ3) is 2.29. The molecule has 1 aromatic carbocycles. The van der Waals surface area contributed by atoms with E-state index in [9.17, 15) is 9.18 Å². The zero-order chi connectivity index (χ0) is 15.9. The largest absolute Gasteiger partial charge is 0.398 e. The van der Waals surface area contributed by atoms with Gasteiger partial charge in [-0.1, -0.05) is 6.92 Å². The van der Waals surface area contributed by atoms with Gasteiger partial charge in [0.05, 0.1) is 5.56 Å². The SMILES string of the molecule is CCc1c(N)ccc(F)c1C(=O)c1c[nH]c2ncc(Br)cc12. The molecule has 112 valence electrons. The molecule has 2 aromatic heterocycles. The minimum Gasteiger partial charge on any atom is -0.398 e. The number of ketones is 1. The fraction of sp³-hybridized carbons (Fsp3) is 0.125. The highest BCUT2D eigenvalue weighted by atomic mass is 79.9. The number of rotatable bonds is 3. The van der Waals surface area contributed by atoms with Gasteiger partial charge in [0, 0.05) is 33.5 Å². The van der Waals surface area contributed by atoms with Crippen LogP contribution in [0.3, 0.4) is 0 Å². The number of carbonyl (C=O) groups excluding carboxylic acids is 1. The maximum atomic E-state index is 14.2. The molecule has 0 saturated carbocycles. The first-order chi connectivity index (χ1) is 10.5. The summed E-state index contributed by atoms with van der Waals surface area (Å²) in [6, 6.07) is 4.49. The Balaban J connectivity index is 2.22. The third-order valence-corrected chi connectivity index (χ3v) is 4.05. The molecule has 3 aromatic rings. The Bertz CT molecular complexity index is 888. The van der Waals surface area contributed by atoms with Crippen molar-refractivity contribution in [3.8, 4) is 0 Å². The Morgan fingerprint density at radius 1 is 1.45 bits per heavy atom. The van der Waals surface area contributed by atoms with Crippen molar-refractivity contribution in [1.82, 2.24) is 9.97 Å². The number of benzene rings is 1. The van der Waals surface area contributed by atoms with E-state index in [1.165, 1.54) is 12.1 Å². The molecule has 0 fully saturated rings. The van der Waals surface area contributed by atoms with Crippen molar-refractivity contribution in [3.63, 3.8) is 0 Å². The first kappa shape index (κ1) is 14.7. The minimum atomic E-state index is -0.562. The zero-order valence-corrected chi connectivity index (χ0v) is 13.4. The molecule has 0 amide bonds. The van der Waals surface area contributed by atoms with Gasteiger partial charge in [-0.2, -0.15) is 0 Å². The molecule has 0 saturated heterocycles. The number of anilines is 1. The number of aromatic amines is 1. The predicted octanol–water partition coefficient (Wildman–Crippen LogP) is 3.84. The Labute approximate surface area is 134 Å². The second-order valence-corrected chi connectivity index (χ2v) is 5.84. The van der Waals surface area contributed by atoms with Crippen molar-refractivity contribution in [2.45, 2.75) is 13.3 Å². The topological polar surface area (TPSA) is 71.8 Å². The summed E-state index contributed by atoms with van der Waals surface area (Å²) in [6.45, 7) is 1.84. The van der Waals surface area contributed by atoms with Crippen molar-refractivity contribution >= 4 is 38.4 Å². The number of nitrogen functional groups attached to an aromatic ring is 1. The minimum absolute atomic E-state index is 0.0309. The predicted molar refractivity (Wildman–Crippen MR) is 87.4 cm³/mol. The quantitative estimate of drug-likeness (QED) is 0.549. The molecule has 22 heavy (non-hydrogen) atoms. The van der Waals surface area contributed by atoms with Crippen LogP contribution in [0.4, 0.5) is 10.1 Å². The van der Waals surface area contributed by atoms with E-state index >= 15 is 0 Å². The van der Waals surface area contributed by atoms with Crippen LogP contribution >= 0.6 is 15.9 Å². The van der Waals surface area contributed by atoms with Crippen LogP contribution in [0.25, 0.3) is 11.0 Å². The van der Waals surface area contributed by atoms with Gasteiger partial charge in [-0.3, -0.25) is 4.79 Å². The lowest BCUT2D eigenvalue weighted by atomic mass is 9.95. The Kier molecular flexibility index (Phi) is 3.70. The number of hydrogen-bond acceptors (Lipinski definition) is 3. The van der Waals surface area contributed by atoms with E-state index in [1.54, 1.807) is 18.5 Å². The number of hydrogen-bond donors (Lipinski definition) is 2. The smallest absolute Gasteiger partial charge is 0.198 e. The van der Waals surface area contributed by atoms with Gasteiger partial charge in [-0.25, -0.2) is 9.37 Å². The number of halogens is 2. The van der Waals surface area contributed by atoms with Crippen LogP contribution in [-0.4, -0.2) is 15.8 Å². The van der Waals surface area contributed by atoms with Crippen LogP contribution in [0.1, 0.15) is 28.4 Å². The normalized spacial score (nSPS) is 11.0. The highest BCUT2D eigenvalue weighted by Gasteiger charge is 2.22. The van der Waals surface area contributed by atoms with E-state index in [1.807, 2.05) is 6.92 Å². The summed E-state index contributed by atoms with van der Waals surface area (Å²) in [5, 5.41) is 0.642. The van der Waals surface area contributed by atoms with Crippen LogP contribution in [0, 0.1) is 5.82 Å². The highest BCUT2D eigenvalue weighted by molar-refractivity contribution is 9.10. The number of fused-ring (bicyclic) bond motifs is 1. The lowest BCUT2D eigenvalue weighted by Crippen LogP contribution is -2.10. The van der Waals surface area contributed by atoms with E-state index in [0.717, 1.165) is 4.47 Å². The maximum absolute atomic E-state index is 14.2. The lowest BCUT2D eigenvalue weighted by Gasteiger charge is -2.10. The van der Waals surface area contributed by atoms with Gasteiger partial charge < -0.3 is 10.7 Å². The number of nitrogens with zero attached hydrogens (tertiary/aromatic N) is 1. The van der Waals surface area contributed by atoms with Crippen LogP contribution in [-0.2, 0) is 6.42 Å². The average Bonchev–Trinajstić information content (AvgIpc) is 2.91. The number of nitrogens with two attached hydrogens (primary N) is 1. The lowest BCUT2D eigenvalue weighted by molar-refractivity contribution is 0.103. The van der Waals surface area contributed by atoms with Gasteiger partial charge >= 0.3 is 0 Å². The van der Waals surface area contributed by atoms with Crippen molar-refractivity contribution in [2.75, 3.05) is 5.73 Å². The molecule has 0 atom stereocenters. The van der Waals surface area contributed by atoms with Crippen molar-refractivity contribution in [1.29, 1.82) is 0 Å². The molecule has 0 aliphatic carbocycles. The van der Waals surface area contributed by atoms with Crippen molar-refractivity contribution in [3.05, 3.63) is 57.6 Å². The van der Waals surface area contributed by atoms with Crippen LogP contribution < -0.4 is 5.73 Å². The number of nitrogens with one attached hydrogen (secondary N) is 1. The Hall–Kier alpha value is -2.21. The van der Waals surface area contributed by atoms with Crippen molar-refractivity contribution in [2.24, 2.45) is 0 Å². The molecule has 3 rings (SSSR count). The average molecular weight is 362 g/mol. The highest BCUT2D eigenvalue weighted by Crippen LogP contribution is 2.28.